The minimum atomic E-state index is 1.18. The first-order chi connectivity index (χ1) is 10.4. The lowest BCUT2D eigenvalue weighted by atomic mass is 10.2. The van der Waals surface area contributed by atoms with Crippen LogP contribution in [0.5, 0.6) is 0 Å². The first-order valence-electron chi connectivity index (χ1n) is 9.54. The van der Waals surface area contributed by atoms with Crippen molar-refractivity contribution in [3.8, 4) is 0 Å². The normalized spacial score (nSPS) is 11.1. The first kappa shape index (κ1) is 20.9. The fraction of sp³-hybridized carbons (Fsp3) is 1.00. The van der Waals surface area contributed by atoms with Crippen LogP contribution in [0.2, 0.25) is 0 Å². The summed E-state index contributed by atoms with van der Waals surface area (Å²) in [6, 6.07) is 0. The first-order valence-corrected chi connectivity index (χ1v) is 9.54. The molecule has 0 heterocycles. The SMILES string of the molecule is CCCCCNCCCCNCCCCNCCCCC. The van der Waals surface area contributed by atoms with E-state index in [4.69, 9.17) is 0 Å². The molecule has 3 N–H and O–H groups in total. The number of unbranched alkanes of at least 4 members (excludes halogenated alkanes) is 6. The van der Waals surface area contributed by atoms with Crippen LogP contribution in [0.15, 0.2) is 0 Å². The predicted octanol–water partition coefficient (Wildman–Crippen LogP) is 3.70. The molecule has 21 heavy (non-hydrogen) atoms. The van der Waals surface area contributed by atoms with Gasteiger partial charge in [0.05, 0.1) is 0 Å². The van der Waals surface area contributed by atoms with Crippen LogP contribution in [0.25, 0.3) is 0 Å². The van der Waals surface area contributed by atoms with Crippen LogP contribution >= 0.6 is 0 Å². The van der Waals surface area contributed by atoms with E-state index >= 15 is 0 Å². The monoisotopic (exact) mass is 299 g/mol. The summed E-state index contributed by atoms with van der Waals surface area (Å²) < 4.78 is 0. The minimum Gasteiger partial charge on any atom is -0.317 e. The molecule has 0 amide bonds. The molecule has 0 aromatic carbocycles. The van der Waals surface area contributed by atoms with Gasteiger partial charge in [-0.25, -0.2) is 0 Å². The average molecular weight is 300 g/mol. The molecule has 0 aliphatic carbocycles. The number of hydrogen-bond acceptors (Lipinski definition) is 3. The highest BCUT2D eigenvalue weighted by Gasteiger charge is 1.92. The number of nitrogens with one attached hydrogen (secondary N) is 3. The Morgan fingerprint density at radius 1 is 0.381 bits per heavy atom. The molecule has 0 unspecified atom stereocenters. The molecule has 0 aromatic rings. The fourth-order valence-corrected chi connectivity index (χ4v) is 2.37. The summed E-state index contributed by atoms with van der Waals surface area (Å²) in [6.07, 6.45) is 13.2. The van der Waals surface area contributed by atoms with Gasteiger partial charge < -0.3 is 16.0 Å². The molecule has 0 aromatic heterocycles. The Labute approximate surface area is 134 Å². The second-order valence-corrected chi connectivity index (χ2v) is 6.08. The van der Waals surface area contributed by atoms with Crippen molar-refractivity contribution in [1.29, 1.82) is 0 Å². The maximum Gasteiger partial charge on any atom is -0.00484 e. The van der Waals surface area contributed by atoms with Crippen LogP contribution in [-0.2, 0) is 0 Å². The van der Waals surface area contributed by atoms with Gasteiger partial charge in [0.25, 0.3) is 0 Å². The van der Waals surface area contributed by atoms with E-state index in [0.717, 1.165) is 0 Å². The third kappa shape index (κ3) is 19.9. The molecule has 3 nitrogen and oxygen atoms in total. The quantitative estimate of drug-likeness (QED) is 0.338. The molecular weight excluding hydrogens is 258 g/mol. The van der Waals surface area contributed by atoms with Crippen LogP contribution < -0.4 is 16.0 Å². The molecule has 0 fully saturated rings. The summed E-state index contributed by atoms with van der Waals surface area (Å²) in [6.45, 7) is 11.7. The lowest BCUT2D eigenvalue weighted by molar-refractivity contribution is 0.542. The third-order valence-corrected chi connectivity index (χ3v) is 3.83. The summed E-state index contributed by atoms with van der Waals surface area (Å²) in [7, 11) is 0. The van der Waals surface area contributed by atoms with Crippen LogP contribution in [0.4, 0.5) is 0 Å². The molecule has 0 rings (SSSR count). The Kier molecular flexibility index (Phi) is 19.8. The zero-order valence-electron chi connectivity index (χ0n) is 14.8. The van der Waals surface area contributed by atoms with E-state index in [0.29, 0.717) is 0 Å². The van der Waals surface area contributed by atoms with E-state index in [1.807, 2.05) is 0 Å². The van der Waals surface area contributed by atoms with Crippen molar-refractivity contribution < 1.29 is 0 Å². The van der Waals surface area contributed by atoms with Gasteiger partial charge in [-0.3, -0.25) is 0 Å². The molecule has 0 aliphatic heterocycles. The van der Waals surface area contributed by atoms with E-state index in [-0.39, 0.29) is 0 Å². The van der Waals surface area contributed by atoms with Crippen molar-refractivity contribution in [2.24, 2.45) is 0 Å². The molecule has 0 atom stereocenters. The zero-order chi connectivity index (χ0) is 15.4. The fourth-order valence-electron chi connectivity index (χ4n) is 2.37. The minimum absolute atomic E-state index is 1.18. The largest absolute Gasteiger partial charge is 0.317 e. The van der Waals surface area contributed by atoms with Crippen molar-refractivity contribution in [1.82, 2.24) is 16.0 Å². The topological polar surface area (TPSA) is 36.1 Å². The second-order valence-electron chi connectivity index (χ2n) is 6.08. The van der Waals surface area contributed by atoms with Gasteiger partial charge in [-0.1, -0.05) is 39.5 Å². The summed E-state index contributed by atoms with van der Waals surface area (Å²) in [4.78, 5) is 0. The van der Waals surface area contributed by atoms with E-state index in [1.165, 1.54) is 103 Å². The third-order valence-electron chi connectivity index (χ3n) is 3.83. The van der Waals surface area contributed by atoms with Gasteiger partial charge >= 0.3 is 0 Å². The summed E-state index contributed by atoms with van der Waals surface area (Å²) >= 11 is 0. The molecule has 0 spiro atoms. The highest BCUT2D eigenvalue weighted by atomic mass is 14.9. The van der Waals surface area contributed by atoms with Gasteiger partial charge in [-0.05, 0) is 77.8 Å². The molecule has 128 valence electrons. The van der Waals surface area contributed by atoms with Crippen molar-refractivity contribution in [3.05, 3.63) is 0 Å². The van der Waals surface area contributed by atoms with Crippen LogP contribution in [0, 0.1) is 0 Å². The van der Waals surface area contributed by atoms with Gasteiger partial charge in [0.2, 0.25) is 0 Å². The maximum absolute atomic E-state index is 3.55. The van der Waals surface area contributed by atoms with E-state index in [9.17, 15) is 0 Å². The van der Waals surface area contributed by atoms with Gasteiger partial charge in [-0.15, -0.1) is 0 Å². The molecule has 0 bridgehead atoms. The average Bonchev–Trinajstić information content (AvgIpc) is 2.50. The Hall–Kier alpha value is -0.120. The molecule has 0 radical (unpaired) electrons. The summed E-state index contributed by atoms with van der Waals surface area (Å²) in [5.74, 6) is 0. The van der Waals surface area contributed by atoms with Crippen molar-refractivity contribution in [2.75, 3.05) is 39.3 Å². The summed E-state index contributed by atoms with van der Waals surface area (Å²) in [5.41, 5.74) is 0. The summed E-state index contributed by atoms with van der Waals surface area (Å²) in [5, 5.41) is 10.6. The maximum atomic E-state index is 3.55. The molecule has 0 saturated carbocycles. The molecular formula is C18H41N3. The number of rotatable bonds is 18. The standard InChI is InChI=1S/C18H41N3/c1-3-5-7-13-19-15-9-11-17-21-18-12-10-16-20-14-8-6-4-2/h19-21H,3-18H2,1-2H3. The Balaban J connectivity index is 2.90. The van der Waals surface area contributed by atoms with Crippen molar-refractivity contribution >= 4 is 0 Å². The lowest BCUT2D eigenvalue weighted by Crippen LogP contribution is -2.22. The van der Waals surface area contributed by atoms with Crippen LogP contribution in [0.3, 0.4) is 0 Å². The van der Waals surface area contributed by atoms with E-state index in [1.54, 1.807) is 0 Å². The number of hydrogen-bond donors (Lipinski definition) is 3. The van der Waals surface area contributed by atoms with Gasteiger partial charge in [-0.2, -0.15) is 0 Å². The van der Waals surface area contributed by atoms with Crippen LogP contribution in [-0.4, -0.2) is 39.3 Å². The predicted molar refractivity (Wildman–Crippen MR) is 96.1 cm³/mol. The molecule has 3 heteroatoms. The Morgan fingerprint density at radius 3 is 0.857 bits per heavy atom. The highest BCUT2D eigenvalue weighted by molar-refractivity contribution is 4.54. The van der Waals surface area contributed by atoms with Gasteiger partial charge in [0, 0.05) is 0 Å². The van der Waals surface area contributed by atoms with Crippen molar-refractivity contribution in [3.63, 3.8) is 0 Å². The second kappa shape index (κ2) is 19.9. The van der Waals surface area contributed by atoms with Gasteiger partial charge in [0.1, 0.15) is 0 Å². The lowest BCUT2D eigenvalue weighted by Gasteiger charge is -2.07. The molecule has 0 aliphatic rings. The Morgan fingerprint density at radius 2 is 0.619 bits per heavy atom. The Bertz CT molecular complexity index is 156. The molecule has 0 saturated heterocycles. The van der Waals surface area contributed by atoms with Gasteiger partial charge in [0.15, 0.2) is 0 Å². The van der Waals surface area contributed by atoms with Crippen molar-refractivity contribution in [2.45, 2.75) is 78.1 Å². The van der Waals surface area contributed by atoms with E-state index < -0.39 is 0 Å². The van der Waals surface area contributed by atoms with Crippen LogP contribution in [0.1, 0.15) is 78.1 Å². The zero-order valence-corrected chi connectivity index (χ0v) is 14.8. The van der Waals surface area contributed by atoms with E-state index in [2.05, 4.69) is 29.8 Å². The smallest absolute Gasteiger partial charge is 0.00484 e. The highest BCUT2D eigenvalue weighted by Crippen LogP contribution is 1.93.